The minimum atomic E-state index is -0.552. The van der Waals surface area contributed by atoms with Gasteiger partial charge in [0.25, 0.3) is 5.69 Å². The van der Waals surface area contributed by atoms with Gasteiger partial charge in [0.2, 0.25) is 0 Å². The third kappa shape index (κ3) is 4.08. The van der Waals surface area contributed by atoms with Crippen molar-refractivity contribution in [3.63, 3.8) is 0 Å². The van der Waals surface area contributed by atoms with E-state index in [1.165, 1.54) is 18.2 Å². The van der Waals surface area contributed by atoms with Crippen molar-refractivity contribution in [1.82, 2.24) is 5.32 Å². The zero-order chi connectivity index (χ0) is 15.2. The summed E-state index contributed by atoms with van der Waals surface area (Å²) in [7, 11) is 0. The number of thiocarbonyl (C=S) groups is 1. The lowest BCUT2D eigenvalue weighted by Crippen LogP contribution is -2.33. The molecule has 106 valence electrons. The molecule has 6 nitrogen and oxygen atoms in total. The summed E-state index contributed by atoms with van der Waals surface area (Å²) in [6, 6.07) is 14.1. The summed E-state index contributed by atoms with van der Waals surface area (Å²) < 4.78 is 0. The minimum absolute atomic E-state index is 0.0987. The number of nitro benzene ring substituents is 1. The van der Waals surface area contributed by atoms with Crippen LogP contribution in [0.1, 0.15) is 5.56 Å². The van der Waals surface area contributed by atoms with Gasteiger partial charge < -0.3 is 5.32 Å². The van der Waals surface area contributed by atoms with Crippen LogP contribution in [-0.2, 0) is 0 Å². The molecule has 0 aliphatic carbocycles. The number of carbonyl (C=O) groups is 1. The fourth-order valence-electron chi connectivity index (χ4n) is 1.62. The summed E-state index contributed by atoms with van der Waals surface area (Å²) in [5.74, 6) is 0. The molecule has 0 aliphatic rings. The number of nitrogens with one attached hydrogen (secondary N) is 2. The summed E-state index contributed by atoms with van der Waals surface area (Å²) in [5.41, 5.74) is 0.928. The summed E-state index contributed by atoms with van der Waals surface area (Å²) in [4.78, 5) is 22.2. The van der Waals surface area contributed by atoms with E-state index in [9.17, 15) is 14.9 Å². The van der Waals surface area contributed by atoms with Crippen LogP contribution in [0.5, 0.6) is 0 Å². The van der Waals surface area contributed by atoms with Gasteiger partial charge in [-0.1, -0.05) is 48.6 Å². The van der Waals surface area contributed by atoms with Crippen LogP contribution in [0.2, 0.25) is 0 Å². The molecule has 0 aliphatic heterocycles. The maximum Gasteiger partial charge on any atom is 0.324 e. The van der Waals surface area contributed by atoms with Gasteiger partial charge in [0.05, 0.1) is 4.92 Å². The number of rotatable bonds is 3. The Morgan fingerprint density at radius 3 is 2.48 bits per heavy atom. The first kappa shape index (κ1) is 14.6. The monoisotopic (exact) mass is 301 g/mol. The molecule has 2 rings (SSSR count). The highest BCUT2D eigenvalue weighted by Crippen LogP contribution is 2.16. The lowest BCUT2D eigenvalue weighted by atomic mass is 10.2. The predicted molar refractivity (Wildman–Crippen MR) is 83.4 cm³/mol. The molecular weight excluding hydrogens is 290 g/mol. The molecule has 0 unspecified atom stereocenters. The molecule has 2 aromatic carbocycles. The van der Waals surface area contributed by atoms with Crippen LogP contribution < -0.4 is 10.6 Å². The average molecular weight is 301 g/mol. The summed E-state index contributed by atoms with van der Waals surface area (Å²) in [5, 5.41) is 15.7. The molecule has 0 fully saturated rings. The van der Waals surface area contributed by atoms with Gasteiger partial charge >= 0.3 is 6.03 Å². The molecule has 2 amide bonds. The highest BCUT2D eigenvalue weighted by molar-refractivity contribution is 7.80. The van der Waals surface area contributed by atoms with Crippen molar-refractivity contribution in [2.24, 2.45) is 0 Å². The molecule has 7 heteroatoms. The van der Waals surface area contributed by atoms with E-state index in [-0.39, 0.29) is 10.7 Å². The highest BCUT2D eigenvalue weighted by Gasteiger charge is 2.09. The highest BCUT2D eigenvalue weighted by atomic mass is 32.1. The molecule has 0 atom stereocenters. The van der Waals surface area contributed by atoms with Crippen LogP contribution in [0.3, 0.4) is 0 Å². The normalized spacial score (nSPS) is 9.71. The number of non-ortho nitro benzene ring substituents is 1. The van der Waals surface area contributed by atoms with Gasteiger partial charge in [-0.25, -0.2) is 4.79 Å². The Hall–Kier alpha value is -2.80. The standard InChI is InChI=1S/C14H11N3O3S/c18-14(16-13(21)10-5-2-1-3-6-10)15-11-7-4-8-12(9-11)17(19)20/h1-9H,(H2,15,16,18,21). The van der Waals surface area contributed by atoms with Crippen LogP contribution >= 0.6 is 12.2 Å². The molecular formula is C14H11N3O3S. The number of urea groups is 1. The predicted octanol–water partition coefficient (Wildman–Crippen LogP) is 3.09. The largest absolute Gasteiger partial charge is 0.324 e. The zero-order valence-electron chi connectivity index (χ0n) is 10.8. The molecule has 0 saturated carbocycles. The Morgan fingerprint density at radius 1 is 1.10 bits per heavy atom. The third-order valence-corrected chi connectivity index (χ3v) is 2.92. The Labute approximate surface area is 125 Å². The van der Waals surface area contributed by atoms with Gasteiger partial charge in [-0.15, -0.1) is 0 Å². The van der Waals surface area contributed by atoms with Crippen molar-refractivity contribution in [3.05, 3.63) is 70.3 Å². The summed E-state index contributed by atoms with van der Waals surface area (Å²) in [6.07, 6.45) is 0. The topological polar surface area (TPSA) is 84.3 Å². The molecule has 0 spiro atoms. The zero-order valence-corrected chi connectivity index (χ0v) is 11.6. The number of nitro groups is 1. The summed E-state index contributed by atoms with van der Waals surface area (Å²) >= 11 is 5.10. The third-order valence-electron chi connectivity index (χ3n) is 2.58. The molecule has 0 bridgehead atoms. The Morgan fingerprint density at radius 2 is 1.81 bits per heavy atom. The van der Waals surface area contributed by atoms with E-state index in [0.29, 0.717) is 11.3 Å². The lowest BCUT2D eigenvalue weighted by molar-refractivity contribution is -0.384. The van der Waals surface area contributed by atoms with Gasteiger partial charge in [0, 0.05) is 23.4 Å². The van der Waals surface area contributed by atoms with Gasteiger partial charge in [-0.3, -0.25) is 15.4 Å². The number of nitrogens with zero attached hydrogens (tertiary/aromatic N) is 1. The fourth-order valence-corrected chi connectivity index (χ4v) is 1.85. The second-order valence-electron chi connectivity index (χ2n) is 4.08. The van der Waals surface area contributed by atoms with Crippen molar-refractivity contribution in [1.29, 1.82) is 0 Å². The first-order valence-corrected chi connectivity index (χ1v) is 6.39. The maximum absolute atomic E-state index is 11.8. The molecule has 0 aromatic heterocycles. The number of carbonyl (C=O) groups excluding carboxylic acids is 1. The van der Waals surface area contributed by atoms with E-state index in [4.69, 9.17) is 12.2 Å². The van der Waals surface area contributed by atoms with E-state index < -0.39 is 11.0 Å². The molecule has 2 N–H and O–H groups in total. The second-order valence-corrected chi connectivity index (χ2v) is 4.49. The van der Waals surface area contributed by atoms with E-state index in [1.807, 2.05) is 18.2 Å². The molecule has 0 heterocycles. The van der Waals surface area contributed by atoms with Crippen LogP contribution in [0.25, 0.3) is 0 Å². The minimum Gasteiger partial charge on any atom is -0.307 e. The quantitative estimate of drug-likeness (QED) is 0.518. The number of benzene rings is 2. The van der Waals surface area contributed by atoms with Crippen LogP contribution in [0.4, 0.5) is 16.2 Å². The number of amides is 2. The van der Waals surface area contributed by atoms with E-state index in [0.717, 1.165) is 0 Å². The van der Waals surface area contributed by atoms with Crippen molar-refractivity contribution < 1.29 is 9.72 Å². The van der Waals surface area contributed by atoms with E-state index >= 15 is 0 Å². The van der Waals surface area contributed by atoms with Gasteiger partial charge in [-0.2, -0.15) is 0 Å². The van der Waals surface area contributed by atoms with Crippen molar-refractivity contribution in [2.75, 3.05) is 5.32 Å². The van der Waals surface area contributed by atoms with Crippen LogP contribution in [0.15, 0.2) is 54.6 Å². The van der Waals surface area contributed by atoms with Gasteiger partial charge in [0.1, 0.15) is 4.99 Å². The van der Waals surface area contributed by atoms with E-state index in [1.54, 1.807) is 18.2 Å². The number of hydrogen-bond donors (Lipinski definition) is 2. The Bertz CT molecular complexity index is 689. The van der Waals surface area contributed by atoms with Crippen molar-refractivity contribution in [3.8, 4) is 0 Å². The Kier molecular flexibility index (Phi) is 4.57. The second kappa shape index (κ2) is 6.58. The fraction of sp³-hybridized carbons (Fsp3) is 0. The van der Waals surface area contributed by atoms with Gasteiger partial charge in [0.15, 0.2) is 0 Å². The van der Waals surface area contributed by atoms with E-state index in [2.05, 4.69) is 10.6 Å². The van der Waals surface area contributed by atoms with Crippen molar-refractivity contribution in [2.45, 2.75) is 0 Å². The van der Waals surface area contributed by atoms with Gasteiger partial charge in [-0.05, 0) is 6.07 Å². The van der Waals surface area contributed by atoms with Crippen LogP contribution in [-0.4, -0.2) is 15.9 Å². The first-order chi connectivity index (χ1) is 10.1. The van der Waals surface area contributed by atoms with Crippen molar-refractivity contribution >= 4 is 34.6 Å². The smallest absolute Gasteiger partial charge is 0.307 e. The average Bonchev–Trinajstić information content (AvgIpc) is 2.48. The first-order valence-electron chi connectivity index (χ1n) is 5.98. The number of anilines is 1. The Balaban J connectivity index is 2.00. The molecule has 0 radical (unpaired) electrons. The lowest BCUT2D eigenvalue weighted by Gasteiger charge is -2.08. The summed E-state index contributed by atoms with van der Waals surface area (Å²) in [6.45, 7) is 0. The molecule has 2 aromatic rings. The number of hydrogen-bond acceptors (Lipinski definition) is 4. The molecule has 0 saturated heterocycles. The van der Waals surface area contributed by atoms with Crippen LogP contribution in [0, 0.1) is 10.1 Å². The SMILES string of the molecule is O=C(NC(=S)c1ccccc1)Nc1cccc([N+](=O)[O-])c1. The molecule has 21 heavy (non-hydrogen) atoms. The maximum atomic E-state index is 11.8.